The molecule has 34 heavy (non-hydrogen) atoms. The van der Waals surface area contributed by atoms with E-state index in [-0.39, 0.29) is 29.6 Å². The lowest BCUT2D eigenvalue weighted by Gasteiger charge is -2.39. The van der Waals surface area contributed by atoms with Crippen LogP contribution in [0.15, 0.2) is 30.6 Å². The molecule has 1 saturated heterocycles. The molecule has 7 nitrogen and oxygen atoms in total. The molecule has 2 atom stereocenters. The summed E-state index contributed by atoms with van der Waals surface area (Å²) in [5.74, 6) is 0.0745. The van der Waals surface area contributed by atoms with Gasteiger partial charge in [-0.15, -0.1) is 0 Å². The first-order valence-corrected chi connectivity index (χ1v) is 12.8. The molecule has 3 amide bonds. The standard InChI is InChI=1S/C27H38N4O3/c1-4-20(3)25(32)28-24(21-8-6-5-7-9-21)27(34)30-14-12-29(13-15-30)26(33)22-10-11-23-16-19(2)17-31(23)18-22/h10-11,16-18,20-21,24H,4-9,12-15H2,1-3H3,(H,28,32)/t20-,24+/m1/s1. The van der Waals surface area contributed by atoms with Gasteiger partial charge in [0.15, 0.2) is 0 Å². The Hall–Kier alpha value is -2.83. The number of carbonyl (C=O) groups excluding carboxylic acids is 3. The third-order valence-corrected chi connectivity index (χ3v) is 7.60. The van der Waals surface area contributed by atoms with Crippen molar-refractivity contribution in [2.45, 2.75) is 65.3 Å². The fraction of sp³-hybridized carbons (Fsp3) is 0.593. The molecule has 7 heteroatoms. The summed E-state index contributed by atoms with van der Waals surface area (Å²) in [4.78, 5) is 43.0. The van der Waals surface area contributed by atoms with Crippen molar-refractivity contribution in [1.82, 2.24) is 19.5 Å². The molecule has 0 bridgehead atoms. The van der Waals surface area contributed by atoms with Crippen molar-refractivity contribution in [1.29, 1.82) is 0 Å². The number of aryl methyl sites for hydroxylation is 1. The summed E-state index contributed by atoms with van der Waals surface area (Å²) in [5, 5.41) is 3.10. The van der Waals surface area contributed by atoms with Gasteiger partial charge in [-0.2, -0.15) is 0 Å². The van der Waals surface area contributed by atoms with Crippen LogP contribution in [0.3, 0.4) is 0 Å². The second-order valence-electron chi connectivity index (χ2n) is 10.1. The molecule has 1 saturated carbocycles. The van der Waals surface area contributed by atoms with Gasteiger partial charge in [-0.3, -0.25) is 14.4 Å². The maximum atomic E-state index is 13.5. The minimum Gasteiger partial charge on any atom is -0.344 e. The van der Waals surface area contributed by atoms with Crippen LogP contribution < -0.4 is 5.32 Å². The third-order valence-electron chi connectivity index (χ3n) is 7.60. The van der Waals surface area contributed by atoms with E-state index in [0.717, 1.165) is 43.2 Å². The van der Waals surface area contributed by atoms with E-state index in [1.807, 2.05) is 59.5 Å². The highest BCUT2D eigenvalue weighted by Crippen LogP contribution is 2.28. The summed E-state index contributed by atoms with van der Waals surface area (Å²) in [6.07, 6.45) is 10.0. The van der Waals surface area contributed by atoms with Gasteiger partial charge in [0.25, 0.3) is 5.91 Å². The van der Waals surface area contributed by atoms with E-state index in [1.165, 1.54) is 6.42 Å². The number of aromatic nitrogens is 1. The van der Waals surface area contributed by atoms with E-state index < -0.39 is 6.04 Å². The lowest BCUT2D eigenvalue weighted by atomic mass is 9.83. The molecule has 0 spiro atoms. The smallest absolute Gasteiger partial charge is 0.255 e. The Kier molecular flexibility index (Phi) is 7.59. The Labute approximate surface area is 202 Å². The lowest BCUT2D eigenvalue weighted by molar-refractivity contribution is -0.140. The molecule has 2 fully saturated rings. The van der Waals surface area contributed by atoms with Crippen molar-refractivity contribution in [2.24, 2.45) is 11.8 Å². The highest BCUT2D eigenvalue weighted by Gasteiger charge is 2.36. The zero-order valence-corrected chi connectivity index (χ0v) is 20.8. The van der Waals surface area contributed by atoms with E-state index in [2.05, 4.69) is 11.4 Å². The summed E-state index contributed by atoms with van der Waals surface area (Å²) in [7, 11) is 0. The van der Waals surface area contributed by atoms with Crippen molar-refractivity contribution < 1.29 is 14.4 Å². The zero-order chi connectivity index (χ0) is 24.2. The fourth-order valence-electron chi connectivity index (χ4n) is 5.22. The van der Waals surface area contributed by atoms with Gasteiger partial charge in [0.2, 0.25) is 11.8 Å². The van der Waals surface area contributed by atoms with Gasteiger partial charge in [0.1, 0.15) is 6.04 Å². The number of fused-ring (bicyclic) bond motifs is 1. The van der Waals surface area contributed by atoms with Crippen LogP contribution in [0.2, 0.25) is 0 Å². The monoisotopic (exact) mass is 466 g/mol. The van der Waals surface area contributed by atoms with Crippen LogP contribution in [-0.2, 0) is 9.59 Å². The molecular formula is C27H38N4O3. The second kappa shape index (κ2) is 10.6. The van der Waals surface area contributed by atoms with Gasteiger partial charge in [0.05, 0.1) is 5.56 Å². The van der Waals surface area contributed by atoms with E-state index >= 15 is 0 Å². The van der Waals surface area contributed by atoms with Crippen LogP contribution in [0.4, 0.5) is 0 Å². The van der Waals surface area contributed by atoms with Crippen molar-refractivity contribution in [3.63, 3.8) is 0 Å². The van der Waals surface area contributed by atoms with E-state index in [4.69, 9.17) is 0 Å². The number of nitrogens with zero attached hydrogens (tertiary/aromatic N) is 3. The molecule has 1 aliphatic heterocycles. The predicted octanol–water partition coefficient (Wildman–Crippen LogP) is 3.64. The number of amides is 3. The first-order valence-electron chi connectivity index (χ1n) is 12.8. The molecule has 0 unspecified atom stereocenters. The number of hydrogen-bond acceptors (Lipinski definition) is 3. The van der Waals surface area contributed by atoms with Crippen LogP contribution in [0.25, 0.3) is 5.52 Å². The number of hydrogen-bond donors (Lipinski definition) is 1. The van der Waals surface area contributed by atoms with Gasteiger partial charge < -0.3 is 19.5 Å². The molecule has 2 aliphatic rings. The average Bonchev–Trinajstić information content (AvgIpc) is 3.25. The van der Waals surface area contributed by atoms with Crippen LogP contribution in [-0.4, -0.2) is 64.1 Å². The first-order chi connectivity index (χ1) is 16.4. The van der Waals surface area contributed by atoms with E-state index in [1.54, 1.807) is 0 Å². The molecule has 184 valence electrons. The Morgan fingerprint density at radius 1 is 1.00 bits per heavy atom. The van der Waals surface area contributed by atoms with Gasteiger partial charge in [0, 0.05) is 50.0 Å². The Bertz CT molecular complexity index is 1030. The van der Waals surface area contributed by atoms with Crippen molar-refractivity contribution in [3.05, 3.63) is 41.7 Å². The number of piperazine rings is 1. The Balaban J connectivity index is 1.40. The van der Waals surface area contributed by atoms with E-state index in [0.29, 0.717) is 31.7 Å². The van der Waals surface area contributed by atoms with Crippen molar-refractivity contribution in [3.8, 4) is 0 Å². The topological polar surface area (TPSA) is 74.1 Å². The predicted molar refractivity (Wildman–Crippen MR) is 133 cm³/mol. The Morgan fingerprint density at radius 3 is 2.35 bits per heavy atom. The molecule has 2 aromatic rings. The summed E-state index contributed by atoms with van der Waals surface area (Å²) in [6, 6.07) is 5.47. The quantitative estimate of drug-likeness (QED) is 0.706. The van der Waals surface area contributed by atoms with Gasteiger partial charge >= 0.3 is 0 Å². The number of nitrogens with one attached hydrogen (secondary N) is 1. The Morgan fingerprint density at radius 2 is 1.68 bits per heavy atom. The normalized spacial score (nSPS) is 19.1. The summed E-state index contributed by atoms with van der Waals surface area (Å²) < 4.78 is 1.98. The second-order valence-corrected chi connectivity index (χ2v) is 10.1. The van der Waals surface area contributed by atoms with Crippen LogP contribution in [0, 0.1) is 18.8 Å². The number of pyridine rings is 1. The molecule has 1 N–H and O–H groups in total. The first kappa shape index (κ1) is 24.3. The molecular weight excluding hydrogens is 428 g/mol. The van der Waals surface area contributed by atoms with Gasteiger partial charge in [-0.05, 0) is 55.9 Å². The summed E-state index contributed by atoms with van der Waals surface area (Å²) in [5.41, 5.74) is 2.88. The molecule has 4 rings (SSSR count). The molecule has 0 radical (unpaired) electrons. The zero-order valence-electron chi connectivity index (χ0n) is 20.8. The lowest BCUT2D eigenvalue weighted by Crippen LogP contribution is -2.58. The number of carbonyl (C=O) groups is 3. The fourth-order valence-corrected chi connectivity index (χ4v) is 5.22. The van der Waals surface area contributed by atoms with Crippen LogP contribution in [0.1, 0.15) is 68.3 Å². The van der Waals surface area contributed by atoms with E-state index in [9.17, 15) is 14.4 Å². The summed E-state index contributed by atoms with van der Waals surface area (Å²) in [6.45, 7) is 7.95. The van der Waals surface area contributed by atoms with Crippen molar-refractivity contribution >= 4 is 23.2 Å². The molecule has 3 heterocycles. The minimum absolute atomic E-state index is 0.00532. The van der Waals surface area contributed by atoms with Gasteiger partial charge in [-0.25, -0.2) is 0 Å². The molecule has 0 aromatic carbocycles. The average molecular weight is 467 g/mol. The maximum Gasteiger partial charge on any atom is 0.255 e. The maximum absolute atomic E-state index is 13.5. The van der Waals surface area contributed by atoms with Crippen LogP contribution >= 0.6 is 0 Å². The summed E-state index contributed by atoms with van der Waals surface area (Å²) >= 11 is 0. The molecule has 1 aliphatic carbocycles. The minimum atomic E-state index is -0.455. The molecule has 2 aromatic heterocycles. The SMILES string of the molecule is CC[C@@H](C)C(=O)N[C@H](C(=O)N1CCN(C(=O)c2ccc3cc(C)cn3c2)CC1)C1CCCCC1. The largest absolute Gasteiger partial charge is 0.344 e. The number of rotatable bonds is 6. The van der Waals surface area contributed by atoms with Crippen LogP contribution in [0.5, 0.6) is 0 Å². The third kappa shape index (κ3) is 5.29. The highest BCUT2D eigenvalue weighted by atomic mass is 16.2. The highest BCUT2D eigenvalue weighted by molar-refractivity contribution is 5.94. The van der Waals surface area contributed by atoms with Crippen molar-refractivity contribution in [2.75, 3.05) is 26.2 Å². The van der Waals surface area contributed by atoms with Gasteiger partial charge in [-0.1, -0.05) is 33.1 Å².